The minimum atomic E-state index is 0.105. The Balaban J connectivity index is 1.59. The standard InChI is InChI=1S/C19H27N3O2/c1-13(2)18-20-7-10-22(18)12-16-5-8-21(9-6-16)19(23)17-11-14(3)24-15(17)4/h7,10-11,13,16H,5-6,8-9,12H2,1-4H3. The van der Waals surface area contributed by atoms with Crippen LogP contribution >= 0.6 is 0 Å². The first-order valence-electron chi connectivity index (χ1n) is 8.83. The van der Waals surface area contributed by atoms with Gasteiger partial charge in [0.2, 0.25) is 0 Å². The molecule has 2 aromatic rings. The van der Waals surface area contributed by atoms with E-state index in [1.54, 1.807) is 0 Å². The van der Waals surface area contributed by atoms with Crippen LogP contribution in [0, 0.1) is 19.8 Å². The zero-order valence-electron chi connectivity index (χ0n) is 15.1. The fourth-order valence-electron chi connectivity index (χ4n) is 3.59. The first-order valence-corrected chi connectivity index (χ1v) is 8.83. The number of amides is 1. The SMILES string of the molecule is Cc1cc(C(=O)N2CCC(Cn3ccnc3C(C)C)CC2)c(C)o1. The van der Waals surface area contributed by atoms with Crippen molar-refractivity contribution in [3.63, 3.8) is 0 Å². The average Bonchev–Trinajstić information content (AvgIpc) is 3.13. The summed E-state index contributed by atoms with van der Waals surface area (Å²) >= 11 is 0. The van der Waals surface area contributed by atoms with Gasteiger partial charge >= 0.3 is 0 Å². The average molecular weight is 329 g/mol. The van der Waals surface area contributed by atoms with Gasteiger partial charge in [0.05, 0.1) is 5.56 Å². The van der Waals surface area contributed by atoms with E-state index in [2.05, 4.69) is 29.6 Å². The van der Waals surface area contributed by atoms with Crippen LogP contribution in [0.1, 0.15) is 60.3 Å². The van der Waals surface area contributed by atoms with Gasteiger partial charge < -0.3 is 13.9 Å². The van der Waals surface area contributed by atoms with E-state index in [4.69, 9.17) is 4.42 Å². The van der Waals surface area contributed by atoms with Crippen molar-refractivity contribution < 1.29 is 9.21 Å². The van der Waals surface area contributed by atoms with Crippen LogP contribution in [0.4, 0.5) is 0 Å². The van der Waals surface area contributed by atoms with E-state index in [1.807, 2.05) is 31.0 Å². The van der Waals surface area contributed by atoms with Gasteiger partial charge in [-0.2, -0.15) is 0 Å². The summed E-state index contributed by atoms with van der Waals surface area (Å²) < 4.78 is 7.77. The highest BCUT2D eigenvalue weighted by atomic mass is 16.3. The highest BCUT2D eigenvalue weighted by Crippen LogP contribution is 2.24. The lowest BCUT2D eigenvalue weighted by Gasteiger charge is -2.32. The molecule has 0 aliphatic carbocycles. The van der Waals surface area contributed by atoms with Crippen LogP contribution in [0.25, 0.3) is 0 Å². The Morgan fingerprint density at radius 2 is 2.04 bits per heavy atom. The molecule has 5 heteroatoms. The molecule has 0 radical (unpaired) electrons. The lowest BCUT2D eigenvalue weighted by atomic mass is 9.96. The molecule has 0 aromatic carbocycles. The van der Waals surface area contributed by atoms with Crippen molar-refractivity contribution in [1.82, 2.24) is 14.5 Å². The van der Waals surface area contributed by atoms with Crippen molar-refractivity contribution in [1.29, 1.82) is 0 Å². The first-order chi connectivity index (χ1) is 11.5. The smallest absolute Gasteiger partial charge is 0.257 e. The lowest BCUT2D eigenvalue weighted by molar-refractivity contribution is 0.0680. The molecule has 0 N–H and O–H groups in total. The molecular formula is C19H27N3O2. The Morgan fingerprint density at radius 1 is 1.33 bits per heavy atom. The summed E-state index contributed by atoms with van der Waals surface area (Å²) in [5.41, 5.74) is 0.711. The van der Waals surface area contributed by atoms with Crippen LogP contribution in [0.15, 0.2) is 22.9 Å². The van der Waals surface area contributed by atoms with Gasteiger partial charge in [0.1, 0.15) is 17.3 Å². The van der Waals surface area contributed by atoms with E-state index in [1.165, 1.54) is 0 Å². The number of nitrogens with zero attached hydrogens (tertiary/aromatic N) is 3. The zero-order chi connectivity index (χ0) is 17.3. The second-order valence-electron chi connectivity index (χ2n) is 7.15. The van der Waals surface area contributed by atoms with Crippen LogP contribution < -0.4 is 0 Å². The summed E-state index contributed by atoms with van der Waals surface area (Å²) in [6.07, 6.45) is 6.04. The fraction of sp³-hybridized carbons (Fsp3) is 0.579. The molecule has 1 saturated heterocycles. The van der Waals surface area contributed by atoms with E-state index in [0.29, 0.717) is 17.4 Å². The summed E-state index contributed by atoms with van der Waals surface area (Å²) in [6.45, 7) is 10.7. The van der Waals surface area contributed by atoms with Crippen LogP contribution in [0.3, 0.4) is 0 Å². The van der Waals surface area contributed by atoms with Crippen molar-refractivity contribution in [3.05, 3.63) is 41.4 Å². The van der Waals surface area contributed by atoms with Crippen LogP contribution in [0.5, 0.6) is 0 Å². The molecule has 3 rings (SSSR count). The zero-order valence-corrected chi connectivity index (χ0v) is 15.1. The molecule has 0 atom stereocenters. The van der Waals surface area contributed by atoms with Crippen molar-refractivity contribution in [2.75, 3.05) is 13.1 Å². The molecule has 0 saturated carbocycles. The number of carbonyl (C=O) groups is 1. The van der Waals surface area contributed by atoms with Gasteiger partial charge in [-0.05, 0) is 38.7 Å². The lowest BCUT2D eigenvalue weighted by Crippen LogP contribution is -2.39. The number of aromatic nitrogens is 2. The number of carbonyl (C=O) groups excluding carboxylic acids is 1. The number of piperidine rings is 1. The number of rotatable bonds is 4. The maximum Gasteiger partial charge on any atom is 0.257 e. The third-order valence-corrected chi connectivity index (χ3v) is 4.89. The minimum Gasteiger partial charge on any atom is -0.466 e. The number of likely N-dealkylation sites (tertiary alicyclic amines) is 1. The number of aryl methyl sites for hydroxylation is 2. The maximum absolute atomic E-state index is 12.7. The molecule has 1 aliphatic rings. The topological polar surface area (TPSA) is 51.3 Å². The Labute approximate surface area is 143 Å². The number of furan rings is 1. The van der Waals surface area contributed by atoms with Crippen molar-refractivity contribution in [3.8, 4) is 0 Å². The van der Waals surface area contributed by atoms with Gasteiger partial charge in [-0.3, -0.25) is 4.79 Å². The molecule has 24 heavy (non-hydrogen) atoms. The molecule has 0 unspecified atom stereocenters. The predicted molar refractivity (Wildman–Crippen MR) is 93.1 cm³/mol. The third-order valence-electron chi connectivity index (χ3n) is 4.89. The molecule has 1 amide bonds. The van der Waals surface area contributed by atoms with Gasteiger partial charge in [0, 0.05) is 37.9 Å². The van der Waals surface area contributed by atoms with Gasteiger partial charge in [0.15, 0.2) is 0 Å². The normalized spacial score (nSPS) is 16.1. The molecule has 1 fully saturated rings. The summed E-state index contributed by atoms with van der Waals surface area (Å²) in [7, 11) is 0. The molecule has 0 spiro atoms. The van der Waals surface area contributed by atoms with Crippen molar-refractivity contribution >= 4 is 5.91 Å². The Kier molecular flexibility index (Phi) is 4.78. The van der Waals surface area contributed by atoms with Crippen LogP contribution in [0.2, 0.25) is 0 Å². The Morgan fingerprint density at radius 3 is 2.62 bits per heavy atom. The molecule has 5 nitrogen and oxygen atoms in total. The summed E-state index contributed by atoms with van der Waals surface area (Å²) in [5, 5.41) is 0. The van der Waals surface area contributed by atoms with E-state index >= 15 is 0 Å². The molecule has 0 bridgehead atoms. The highest BCUT2D eigenvalue weighted by molar-refractivity contribution is 5.95. The van der Waals surface area contributed by atoms with Crippen LogP contribution in [-0.4, -0.2) is 33.4 Å². The first kappa shape index (κ1) is 16.8. The number of hydrogen-bond acceptors (Lipinski definition) is 3. The summed E-state index contributed by atoms with van der Waals surface area (Å²) in [5.74, 6) is 3.82. The van der Waals surface area contributed by atoms with Gasteiger partial charge in [-0.15, -0.1) is 0 Å². The Hall–Kier alpha value is -2.04. The molecule has 130 valence electrons. The largest absolute Gasteiger partial charge is 0.466 e. The highest BCUT2D eigenvalue weighted by Gasteiger charge is 2.26. The van der Waals surface area contributed by atoms with Gasteiger partial charge in [-0.1, -0.05) is 13.8 Å². The second-order valence-corrected chi connectivity index (χ2v) is 7.15. The van der Waals surface area contributed by atoms with Crippen LogP contribution in [-0.2, 0) is 6.54 Å². The molecular weight excluding hydrogens is 302 g/mol. The quantitative estimate of drug-likeness (QED) is 0.858. The van der Waals surface area contributed by atoms with Crippen molar-refractivity contribution in [2.24, 2.45) is 5.92 Å². The minimum absolute atomic E-state index is 0.105. The monoisotopic (exact) mass is 329 g/mol. The Bertz CT molecular complexity index is 706. The molecule has 1 aliphatic heterocycles. The number of hydrogen-bond donors (Lipinski definition) is 0. The predicted octanol–water partition coefficient (Wildman–Crippen LogP) is 3.77. The van der Waals surface area contributed by atoms with Gasteiger partial charge in [-0.25, -0.2) is 4.98 Å². The third kappa shape index (κ3) is 3.40. The van der Waals surface area contributed by atoms with Crippen molar-refractivity contribution in [2.45, 2.75) is 53.0 Å². The molecule has 2 aromatic heterocycles. The van der Waals surface area contributed by atoms with Gasteiger partial charge in [0.25, 0.3) is 5.91 Å². The second kappa shape index (κ2) is 6.83. The summed E-state index contributed by atoms with van der Waals surface area (Å²) in [6, 6.07) is 1.85. The van der Waals surface area contributed by atoms with E-state index in [0.717, 1.165) is 49.8 Å². The summed E-state index contributed by atoms with van der Waals surface area (Å²) in [4.78, 5) is 19.1. The fourth-order valence-corrected chi connectivity index (χ4v) is 3.59. The van der Waals surface area contributed by atoms with E-state index in [-0.39, 0.29) is 5.91 Å². The molecule has 3 heterocycles. The number of imidazole rings is 1. The van der Waals surface area contributed by atoms with E-state index in [9.17, 15) is 4.79 Å². The van der Waals surface area contributed by atoms with E-state index < -0.39 is 0 Å². The maximum atomic E-state index is 12.7.